The fourth-order valence-corrected chi connectivity index (χ4v) is 2.50. The van der Waals surface area contributed by atoms with Crippen molar-refractivity contribution in [2.75, 3.05) is 11.9 Å². The second kappa shape index (κ2) is 6.88. The third-order valence-corrected chi connectivity index (χ3v) is 3.70. The van der Waals surface area contributed by atoms with E-state index in [4.69, 9.17) is 4.74 Å². The molecule has 0 aliphatic carbocycles. The van der Waals surface area contributed by atoms with Crippen molar-refractivity contribution in [3.63, 3.8) is 0 Å². The molecule has 1 aromatic heterocycles. The third kappa shape index (κ3) is 3.08. The second-order valence-electron chi connectivity index (χ2n) is 5.25. The number of allylic oxidation sites excluding steroid dienone is 1. The first-order valence-corrected chi connectivity index (χ1v) is 7.74. The lowest BCUT2D eigenvalue weighted by molar-refractivity contribution is 0.340. The van der Waals surface area contributed by atoms with Crippen LogP contribution >= 0.6 is 0 Å². The van der Waals surface area contributed by atoms with Crippen LogP contribution in [-0.4, -0.2) is 16.2 Å². The molecule has 2 aromatic carbocycles. The van der Waals surface area contributed by atoms with Gasteiger partial charge in [0.05, 0.1) is 17.6 Å². The Morgan fingerprint density at radius 3 is 2.67 bits per heavy atom. The smallest absolute Gasteiger partial charge is 0.153 e. The van der Waals surface area contributed by atoms with E-state index in [1.165, 1.54) is 0 Å². The van der Waals surface area contributed by atoms with Crippen LogP contribution in [0, 0.1) is 11.3 Å². The molecule has 0 spiro atoms. The van der Waals surface area contributed by atoms with E-state index in [1.807, 2.05) is 67.1 Å². The molecule has 1 N–H and O–H groups in total. The van der Waals surface area contributed by atoms with Gasteiger partial charge in [0.2, 0.25) is 0 Å². The highest BCUT2D eigenvalue weighted by Crippen LogP contribution is 2.21. The first-order valence-electron chi connectivity index (χ1n) is 7.74. The van der Waals surface area contributed by atoms with Gasteiger partial charge in [-0.05, 0) is 43.3 Å². The first-order chi connectivity index (χ1) is 11.7. The van der Waals surface area contributed by atoms with Gasteiger partial charge in [0.15, 0.2) is 5.82 Å². The molecule has 0 saturated heterocycles. The highest BCUT2D eigenvalue weighted by Gasteiger charge is 2.11. The molecule has 3 aromatic rings. The van der Waals surface area contributed by atoms with E-state index in [0.29, 0.717) is 18.0 Å². The zero-order valence-corrected chi connectivity index (χ0v) is 13.7. The molecule has 0 bridgehead atoms. The number of hydrogen-bond acceptors (Lipinski definition) is 4. The predicted molar refractivity (Wildman–Crippen MR) is 95.5 cm³/mol. The van der Waals surface area contributed by atoms with Crippen LogP contribution in [0.15, 0.2) is 54.7 Å². The number of imidazole rings is 1. The molecule has 0 fully saturated rings. The Labute approximate surface area is 140 Å². The number of rotatable bonds is 5. The monoisotopic (exact) mass is 318 g/mol. The summed E-state index contributed by atoms with van der Waals surface area (Å²) in [6.45, 7) is 2.59. The van der Waals surface area contributed by atoms with E-state index in [1.54, 1.807) is 6.20 Å². The average Bonchev–Trinajstić information content (AvgIpc) is 2.95. The minimum atomic E-state index is 0.475. The molecular formula is C19H18N4O. The Morgan fingerprint density at radius 1 is 1.25 bits per heavy atom. The molecule has 120 valence electrons. The molecule has 0 radical (unpaired) electrons. The molecule has 5 nitrogen and oxygen atoms in total. The maximum Gasteiger partial charge on any atom is 0.153 e. The summed E-state index contributed by atoms with van der Waals surface area (Å²) >= 11 is 0. The molecule has 3 rings (SSSR count). The highest BCUT2D eigenvalue weighted by molar-refractivity contribution is 5.83. The van der Waals surface area contributed by atoms with Crippen molar-refractivity contribution in [1.82, 2.24) is 9.55 Å². The van der Waals surface area contributed by atoms with Gasteiger partial charge in [0.25, 0.3) is 0 Å². The quantitative estimate of drug-likeness (QED) is 0.724. The SMILES string of the molecule is CCOc1ccc(N/C=C(\C#N)c2nc3ccccc3n2C)cc1. The van der Waals surface area contributed by atoms with Crippen molar-refractivity contribution in [2.45, 2.75) is 6.92 Å². The molecule has 0 amide bonds. The molecule has 0 unspecified atom stereocenters. The number of para-hydroxylation sites is 2. The summed E-state index contributed by atoms with van der Waals surface area (Å²) in [5.41, 5.74) is 3.22. The lowest BCUT2D eigenvalue weighted by Gasteiger charge is -2.06. The molecule has 0 aliphatic rings. The van der Waals surface area contributed by atoms with Gasteiger partial charge in [0, 0.05) is 18.9 Å². The number of hydrogen-bond donors (Lipinski definition) is 1. The Balaban J connectivity index is 1.86. The summed E-state index contributed by atoms with van der Waals surface area (Å²) in [5, 5.41) is 12.6. The summed E-state index contributed by atoms with van der Waals surface area (Å²) in [7, 11) is 1.91. The summed E-state index contributed by atoms with van der Waals surface area (Å²) in [5.74, 6) is 1.46. The van der Waals surface area contributed by atoms with Crippen molar-refractivity contribution >= 4 is 22.3 Å². The van der Waals surface area contributed by atoms with E-state index >= 15 is 0 Å². The van der Waals surface area contributed by atoms with Crippen molar-refractivity contribution in [3.8, 4) is 11.8 Å². The van der Waals surface area contributed by atoms with E-state index < -0.39 is 0 Å². The Bertz CT molecular complexity index is 917. The van der Waals surface area contributed by atoms with Crippen LogP contribution in [0.5, 0.6) is 5.75 Å². The number of aryl methyl sites for hydroxylation is 1. The number of nitriles is 1. The number of nitrogens with zero attached hydrogens (tertiary/aromatic N) is 3. The zero-order chi connectivity index (χ0) is 16.9. The number of fused-ring (bicyclic) bond motifs is 1. The normalized spacial score (nSPS) is 11.3. The fourth-order valence-electron chi connectivity index (χ4n) is 2.50. The maximum atomic E-state index is 9.49. The average molecular weight is 318 g/mol. The van der Waals surface area contributed by atoms with Crippen molar-refractivity contribution in [1.29, 1.82) is 5.26 Å². The molecule has 24 heavy (non-hydrogen) atoms. The van der Waals surface area contributed by atoms with Gasteiger partial charge in [-0.15, -0.1) is 0 Å². The lowest BCUT2D eigenvalue weighted by atomic mass is 10.2. The molecular weight excluding hydrogens is 300 g/mol. The van der Waals surface area contributed by atoms with E-state index in [2.05, 4.69) is 16.4 Å². The minimum absolute atomic E-state index is 0.475. The van der Waals surface area contributed by atoms with Gasteiger partial charge in [-0.25, -0.2) is 4.98 Å². The Morgan fingerprint density at radius 2 is 2.00 bits per heavy atom. The van der Waals surface area contributed by atoms with Crippen LogP contribution in [-0.2, 0) is 7.05 Å². The lowest BCUT2D eigenvalue weighted by Crippen LogP contribution is -1.98. The Kier molecular flexibility index (Phi) is 4.48. The zero-order valence-electron chi connectivity index (χ0n) is 13.7. The van der Waals surface area contributed by atoms with Gasteiger partial charge in [0.1, 0.15) is 17.4 Å². The Hall–Kier alpha value is -3.26. The fraction of sp³-hybridized carbons (Fsp3) is 0.158. The standard InChI is InChI=1S/C19H18N4O/c1-3-24-16-10-8-15(9-11-16)21-13-14(12-20)19-22-17-6-4-5-7-18(17)23(19)2/h4-11,13,21H,3H2,1-2H3/b14-13+. The number of benzene rings is 2. The summed E-state index contributed by atoms with van der Waals surface area (Å²) in [6, 6.07) is 17.6. The number of aromatic nitrogens is 2. The van der Waals surface area contributed by atoms with E-state index in [0.717, 1.165) is 22.5 Å². The van der Waals surface area contributed by atoms with Crippen LogP contribution in [0.2, 0.25) is 0 Å². The second-order valence-corrected chi connectivity index (χ2v) is 5.25. The van der Waals surface area contributed by atoms with Crippen LogP contribution < -0.4 is 10.1 Å². The van der Waals surface area contributed by atoms with Gasteiger partial charge < -0.3 is 14.6 Å². The van der Waals surface area contributed by atoms with Crippen molar-refractivity contribution in [2.24, 2.45) is 7.05 Å². The molecule has 1 heterocycles. The van der Waals surface area contributed by atoms with Gasteiger partial charge in [-0.1, -0.05) is 12.1 Å². The van der Waals surface area contributed by atoms with E-state index in [9.17, 15) is 5.26 Å². The van der Waals surface area contributed by atoms with E-state index in [-0.39, 0.29) is 0 Å². The van der Waals surface area contributed by atoms with Gasteiger partial charge >= 0.3 is 0 Å². The highest BCUT2D eigenvalue weighted by atomic mass is 16.5. The first kappa shape index (κ1) is 15.6. The minimum Gasteiger partial charge on any atom is -0.494 e. The number of ether oxygens (including phenoxy) is 1. The van der Waals surface area contributed by atoms with Gasteiger partial charge in [-0.2, -0.15) is 5.26 Å². The summed E-state index contributed by atoms with van der Waals surface area (Å²) in [6.07, 6.45) is 1.68. The molecule has 0 atom stereocenters. The van der Waals surface area contributed by atoms with Gasteiger partial charge in [-0.3, -0.25) is 0 Å². The molecule has 5 heteroatoms. The molecule has 0 saturated carbocycles. The van der Waals surface area contributed by atoms with Crippen LogP contribution in [0.1, 0.15) is 12.7 Å². The van der Waals surface area contributed by atoms with Crippen LogP contribution in [0.3, 0.4) is 0 Å². The number of anilines is 1. The van der Waals surface area contributed by atoms with Crippen molar-refractivity contribution < 1.29 is 4.74 Å². The molecule has 0 aliphatic heterocycles. The summed E-state index contributed by atoms with van der Waals surface area (Å²) < 4.78 is 7.34. The maximum absolute atomic E-state index is 9.49. The van der Waals surface area contributed by atoms with Crippen molar-refractivity contribution in [3.05, 3.63) is 60.6 Å². The topological polar surface area (TPSA) is 62.9 Å². The van der Waals surface area contributed by atoms with Crippen LogP contribution in [0.25, 0.3) is 16.6 Å². The number of nitrogens with one attached hydrogen (secondary N) is 1. The van der Waals surface area contributed by atoms with Crippen LogP contribution in [0.4, 0.5) is 5.69 Å². The predicted octanol–water partition coefficient (Wildman–Crippen LogP) is 3.95. The summed E-state index contributed by atoms with van der Waals surface area (Å²) in [4.78, 5) is 4.55. The third-order valence-electron chi connectivity index (χ3n) is 3.70. The largest absolute Gasteiger partial charge is 0.494 e.